The van der Waals surface area contributed by atoms with Gasteiger partial charge in [-0.3, -0.25) is 14.9 Å². The zero-order valence-electron chi connectivity index (χ0n) is 23.8. The molecular weight excluding hydrogens is 568 g/mol. The van der Waals surface area contributed by atoms with Gasteiger partial charge in [0.15, 0.2) is 11.5 Å². The van der Waals surface area contributed by atoms with Crippen molar-refractivity contribution in [2.24, 2.45) is 0 Å². The summed E-state index contributed by atoms with van der Waals surface area (Å²) in [6, 6.07) is 24.6. The quantitative estimate of drug-likeness (QED) is 0.169. The highest BCUT2D eigenvalue weighted by atomic mass is 35.5. The summed E-state index contributed by atoms with van der Waals surface area (Å²) in [4.78, 5) is 39.8. The normalized spacial score (nSPS) is 14.1. The van der Waals surface area contributed by atoms with E-state index in [2.05, 4.69) is 11.4 Å². The Morgan fingerprint density at radius 3 is 2.16 bits per heavy atom. The van der Waals surface area contributed by atoms with Crippen LogP contribution in [0.25, 0.3) is 6.08 Å². The Bertz CT molecular complexity index is 1700. The van der Waals surface area contributed by atoms with E-state index in [1.165, 1.54) is 13.2 Å². The number of amides is 4. The van der Waals surface area contributed by atoms with Crippen LogP contribution in [-0.4, -0.2) is 25.0 Å². The van der Waals surface area contributed by atoms with Gasteiger partial charge in [0, 0.05) is 0 Å². The van der Waals surface area contributed by atoms with Gasteiger partial charge in [0.1, 0.15) is 24.5 Å². The van der Waals surface area contributed by atoms with Gasteiger partial charge in [-0.05, 0) is 73.0 Å². The third kappa shape index (κ3) is 6.88. The van der Waals surface area contributed by atoms with Gasteiger partial charge in [0.25, 0.3) is 11.8 Å². The summed E-state index contributed by atoms with van der Waals surface area (Å²) in [5.74, 6) is -0.384. The number of halogens is 1. The number of urea groups is 1. The second-order valence-electron chi connectivity index (χ2n) is 10.0. The van der Waals surface area contributed by atoms with Crippen molar-refractivity contribution in [1.29, 1.82) is 0 Å². The molecule has 1 N–H and O–H groups in total. The minimum absolute atomic E-state index is 0.235. The predicted octanol–water partition coefficient (Wildman–Crippen LogP) is 6.79. The first-order valence-electron chi connectivity index (χ1n) is 13.5. The summed E-state index contributed by atoms with van der Waals surface area (Å²) in [7, 11) is 1.47. The van der Waals surface area contributed by atoms with Gasteiger partial charge in [-0.2, -0.15) is 0 Å². The third-order valence-electron chi connectivity index (χ3n) is 6.67. The van der Waals surface area contributed by atoms with Crippen molar-refractivity contribution in [1.82, 2.24) is 5.32 Å². The Balaban J connectivity index is 1.35. The lowest BCUT2D eigenvalue weighted by molar-refractivity contribution is -0.122. The number of hydrogen-bond acceptors (Lipinski definition) is 6. The van der Waals surface area contributed by atoms with E-state index < -0.39 is 17.8 Å². The smallest absolute Gasteiger partial charge is 0.335 e. The van der Waals surface area contributed by atoms with Gasteiger partial charge >= 0.3 is 6.03 Å². The molecule has 1 heterocycles. The lowest BCUT2D eigenvalue weighted by Crippen LogP contribution is -2.54. The van der Waals surface area contributed by atoms with Crippen LogP contribution < -0.4 is 24.4 Å². The number of rotatable bonds is 9. The van der Waals surface area contributed by atoms with Crippen LogP contribution in [0, 0.1) is 13.8 Å². The van der Waals surface area contributed by atoms with Crippen LogP contribution in [0.1, 0.15) is 27.8 Å². The van der Waals surface area contributed by atoms with Crippen molar-refractivity contribution in [2.45, 2.75) is 27.1 Å². The van der Waals surface area contributed by atoms with Gasteiger partial charge in [-0.15, -0.1) is 0 Å². The summed E-state index contributed by atoms with van der Waals surface area (Å²) in [5, 5.41) is 2.47. The first kappa shape index (κ1) is 29.4. The number of nitrogens with one attached hydrogen (secondary N) is 1. The van der Waals surface area contributed by atoms with Crippen LogP contribution in [0.5, 0.6) is 17.2 Å². The fourth-order valence-electron chi connectivity index (χ4n) is 4.76. The van der Waals surface area contributed by atoms with E-state index in [-0.39, 0.29) is 22.9 Å². The average Bonchev–Trinajstić information content (AvgIpc) is 2.98. The number of aryl methyl sites for hydroxylation is 2. The standard InChI is InChI=1S/C34H29ClN2O6/c1-21-13-22(2)15-25(14-21)20-43-31-29(35)17-24(18-30(31)41-3)16-28-32(38)36-34(40)37(33(28)39)26-9-11-27(12-10-26)42-19-23-7-5-4-6-8-23/h4-18H,19-20H2,1-3H3,(H,36,38,40)/b28-16+. The van der Waals surface area contributed by atoms with E-state index >= 15 is 0 Å². The molecule has 218 valence electrons. The average molecular weight is 597 g/mol. The number of benzene rings is 4. The number of methoxy groups -OCH3 is 1. The van der Waals surface area contributed by atoms with Gasteiger partial charge in [0.05, 0.1) is 17.8 Å². The summed E-state index contributed by atoms with van der Waals surface area (Å²) in [5.41, 5.74) is 4.67. The summed E-state index contributed by atoms with van der Waals surface area (Å²) >= 11 is 6.56. The first-order valence-corrected chi connectivity index (χ1v) is 13.9. The first-order chi connectivity index (χ1) is 20.7. The SMILES string of the molecule is COc1cc(/C=C2\C(=O)NC(=O)N(c3ccc(OCc4ccccc4)cc3)C2=O)cc(Cl)c1OCc1cc(C)cc(C)c1. The van der Waals surface area contributed by atoms with Crippen molar-refractivity contribution >= 4 is 41.2 Å². The zero-order chi connectivity index (χ0) is 30.5. The van der Waals surface area contributed by atoms with Gasteiger partial charge in [-0.1, -0.05) is 71.3 Å². The Morgan fingerprint density at radius 1 is 0.814 bits per heavy atom. The van der Waals surface area contributed by atoms with E-state index in [0.717, 1.165) is 27.2 Å². The Labute approximate surface area is 254 Å². The molecule has 1 saturated heterocycles. The molecular formula is C34H29ClN2O6. The zero-order valence-corrected chi connectivity index (χ0v) is 24.6. The van der Waals surface area contributed by atoms with E-state index in [1.54, 1.807) is 36.4 Å². The second kappa shape index (κ2) is 12.8. The molecule has 1 aliphatic heterocycles. The number of nitrogens with zero attached hydrogens (tertiary/aromatic N) is 1. The number of imide groups is 2. The van der Waals surface area contributed by atoms with E-state index in [1.807, 2.05) is 56.3 Å². The lowest BCUT2D eigenvalue weighted by atomic mass is 10.1. The van der Waals surface area contributed by atoms with Gasteiger partial charge in [-0.25, -0.2) is 9.69 Å². The monoisotopic (exact) mass is 596 g/mol. The number of carbonyl (C=O) groups excluding carboxylic acids is 3. The van der Waals surface area contributed by atoms with Crippen molar-refractivity contribution in [3.8, 4) is 17.2 Å². The lowest BCUT2D eigenvalue weighted by Gasteiger charge is -2.26. The highest BCUT2D eigenvalue weighted by Gasteiger charge is 2.37. The Morgan fingerprint density at radius 2 is 1.49 bits per heavy atom. The van der Waals surface area contributed by atoms with Crippen LogP contribution in [0.2, 0.25) is 5.02 Å². The number of anilines is 1. The third-order valence-corrected chi connectivity index (χ3v) is 6.95. The number of carbonyl (C=O) groups is 3. The van der Waals surface area contributed by atoms with Crippen molar-refractivity contribution < 1.29 is 28.6 Å². The Kier molecular flexibility index (Phi) is 8.78. The van der Waals surface area contributed by atoms with Crippen molar-refractivity contribution in [2.75, 3.05) is 12.0 Å². The molecule has 0 aliphatic carbocycles. The van der Waals surface area contributed by atoms with Crippen LogP contribution in [0.3, 0.4) is 0 Å². The van der Waals surface area contributed by atoms with E-state index in [4.69, 9.17) is 25.8 Å². The van der Waals surface area contributed by atoms with Crippen molar-refractivity contribution in [3.05, 3.63) is 123 Å². The molecule has 4 aromatic rings. The largest absolute Gasteiger partial charge is 0.493 e. The molecule has 1 fully saturated rings. The maximum absolute atomic E-state index is 13.4. The second-order valence-corrected chi connectivity index (χ2v) is 10.5. The topological polar surface area (TPSA) is 94.2 Å². The predicted molar refractivity (Wildman–Crippen MR) is 164 cm³/mol. The molecule has 1 aliphatic rings. The van der Waals surface area contributed by atoms with Crippen LogP contribution in [-0.2, 0) is 22.8 Å². The molecule has 4 aromatic carbocycles. The number of barbiturate groups is 1. The van der Waals surface area contributed by atoms with E-state index in [0.29, 0.717) is 29.4 Å². The molecule has 8 nitrogen and oxygen atoms in total. The molecule has 43 heavy (non-hydrogen) atoms. The molecule has 0 bridgehead atoms. The number of hydrogen-bond donors (Lipinski definition) is 1. The fourth-order valence-corrected chi connectivity index (χ4v) is 5.04. The Hall–Kier alpha value is -5.08. The molecule has 0 unspecified atom stereocenters. The fraction of sp³-hybridized carbons (Fsp3) is 0.147. The van der Waals surface area contributed by atoms with Crippen LogP contribution >= 0.6 is 11.6 Å². The highest BCUT2D eigenvalue weighted by molar-refractivity contribution is 6.39. The minimum Gasteiger partial charge on any atom is -0.493 e. The molecule has 0 radical (unpaired) electrons. The molecule has 0 spiro atoms. The molecule has 4 amide bonds. The maximum atomic E-state index is 13.4. The number of ether oxygens (including phenoxy) is 3. The summed E-state index contributed by atoms with van der Waals surface area (Å²) in [6.07, 6.45) is 1.36. The molecule has 0 atom stereocenters. The van der Waals surface area contributed by atoms with Gasteiger partial charge in [0.2, 0.25) is 0 Å². The van der Waals surface area contributed by atoms with E-state index in [9.17, 15) is 14.4 Å². The molecule has 5 rings (SSSR count). The minimum atomic E-state index is -0.851. The summed E-state index contributed by atoms with van der Waals surface area (Å²) < 4.78 is 17.3. The van der Waals surface area contributed by atoms with Crippen LogP contribution in [0.15, 0.2) is 90.5 Å². The van der Waals surface area contributed by atoms with Crippen LogP contribution in [0.4, 0.5) is 10.5 Å². The summed E-state index contributed by atoms with van der Waals surface area (Å²) in [6.45, 7) is 4.67. The molecule has 0 saturated carbocycles. The molecule has 9 heteroatoms. The highest BCUT2D eigenvalue weighted by Crippen LogP contribution is 2.38. The van der Waals surface area contributed by atoms with Crippen molar-refractivity contribution in [3.63, 3.8) is 0 Å². The molecule has 0 aromatic heterocycles. The maximum Gasteiger partial charge on any atom is 0.335 e. The van der Waals surface area contributed by atoms with Gasteiger partial charge < -0.3 is 14.2 Å².